The molecule has 2 aromatic carbocycles. The van der Waals surface area contributed by atoms with Gasteiger partial charge in [0.1, 0.15) is 0 Å². The molecule has 0 saturated carbocycles. The van der Waals surface area contributed by atoms with Crippen LogP contribution in [0.1, 0.15) is 51.2 Å². The molecule has 3 aromatic rings. The molecular formula is C27H31NO2. The largest absolute Gasteiger partial charge is 0.449 e. The highest BCUT2D eigenvalue weighted by Crippen LogP contribution is 2.23. The molecule has 0 N–H and O–H groups in total. The smallest absolute Gasteiger partial charge is 0.311 e. The van der Waals surface area contributed by atoms with Crippen LogP contribution in [0.15, 0.2) is 60.8 Å². The molecule has 0 bridgehead atoms. The molecule has 1 unspecified atom stereocenters. The summed E-state index contributed by atoms with van der Waals surface area (Å²) in [4.78, 5) is 12.7. The van der Waals surface area contributed by atoms with Gasteiger partial charge in [0.25, 0.3) is 0 Å². The van der Waals surface area contributed by atoms with E-state index >= 15 is 0 Å². The van der Waals surface area contributed by atoms with Crippen LogP contribution in [0.3, 0.4) is 0 Å². The first-order valence-corrected chi connectivity index (χ1v) is 10.9. The first-order chi connectivity index (χ1) is 14.6. The number of aromatic nitrogens is 1. The molecule has 0 fully saturated rings. The molecule has 3 heteroatoms. The standard InChI is InChI=1S/C27H31NO2/c1-4-5-6-10-17-26(21(2)3)30-27(29)18-23-20-28(19-22-13-8-7-9-14-22)25-16-12-11-15-24(23)25/h7-9,11-16,20-21,26H,4-6,18-19H2,1-3H3. The second-order valence-corrected chi connectivity index (χ2v) is 8.04. The highest BCUT2D eigenvalue weighted by Gasteiger charge is 2.18. The van der Waals surface area contributed by atoms with E-state index in [4.69, 9.17) is 4.74 Å². The Morgan fingerprint density at radius 3 is 2.53 bits per heavy atom. The monoisotopic (exact) mass is 401 g/mol. The van der Waals surface area contributed by atoms with E-state index in [1.807, 2.05) is 44.2 Å². The van der Waals surface area contributed by atoms with Gasteiger partial charge in [0.15, 0.2) is 6.10 Å². The SMILES string of the molecule is CCCCC#CC(OC(=O)Cc1cn(Cc2ccccc2)c2ccccc12)C(C)C. The first-order valence-electron chi connectivity index (χ1n) is 10.9. The Morgan fingerprint density at radius 1 is 1.07 bits per heavy atom. The Morgan fingerprint density at radius 2 is 1.80 bits per heavy atom. The summed E-state index contributed by atoms with van der Waals surface area (Å²) in [6.07, 6.45) is 5.02. The third-order valence-electron chi connectivity index (χ3n) is 5.17. The minimum absolute atomic E-state index is 0.169. The van der Waals surface area contributed by atoms with Crippen molar-refractivity contribution in [2.45, 2.75) is 59.1 Å². The molecule has 1 aromatic heterocycles. The van der Waals surface area contributed by atoms with Crippen molar-refractivity contribution in [2.24, 2.45) is 5.92 Å². The second kappa shape index (κ2) is 10.7. The lowest BCUT2D eigenvalue weighted by Crippen LogP contribution is -2.23. The van der Waals surface area contributed by atoms with Gasteiger partial charge < -0.3 is 9.30 Å². The van der Waals surface area contributed by atoms with Gasteiger partial charge in [0.2, 0.25) is 0 Å². The maximum absolute atomic E-state index is 12.7. The zero-order valence-electron chi connectivity index (χ0n) is 18.2. The van der Waals surface area contributed by atoms with Crippen molar-refractivity contribution in [3.05, 3.63) is 71.9 Å². The minimum Gasteiger partial charge on any atom is -0.449 e. The van der Waals surface area contributed by atoms with Gasteiger partial charge >= 0.3 is 5.97 Å². The number of hydrogen-bond acceptors (Lipinski definition) is 2. The Kier molecular flexibility index (Phi) is 7.74. The van der Waals surface area contributed by atoms with Crippen LogP contribution in [-0.2, 0) is 22.5 Å². The van der Waals surface area contributed by atoms with Crippen LogP contribution in [0.25, 0.3) is 10.9 Å². The van der Waals surface area contributed by atoms with Crippen molar-refractivity contribution >= 4 is 16.9 Å². The number of nitrogens with zero attached hydrogens (tertiary/aromatic N) is 1. The highest BCUT2D eigenvalue weighted by atomic mass is 16.5. The van der Waals surface area contributed by atoms with E-state index < -0.39 is 0 Å². The molecular weight excluding hydrogens is 370 g/mol. The zero-order valence-corrected chi connectivity index (χ0v) is 18.2. The summed E-state index contributed by atoms with van der Waals surface area (Å²) >= 11 is 0. The fourth-order valence-corrected chi connectivity index (χ4v) is 3.48. The number of carbonyl (C=O) groups is 1. The van der Waals surface area contributed by atoms with Gasteiger partial charge in [-0.1, -0.05) is 87.6 Å². The Hall–Kier alpha value is -2.99. The number of esters is 1. The van der Waals surface area contributed by atoms with Crippen LogP contribution in [-0.4, -0.2) is 16.6 Å². The van der Waals surface area contributed by atoms with Crippen molar-refractivity contribution in [1.29, 1.82) is 0 Å². The summed E-state index contributed by atoms with van der Waals surface area (Å²) < 4.78 is 7.96. The van der Waals surface area contributed by atoms with E-state index in [1.54, 1.807) is 0 Å². The third-order valence-corrected chi connectivity index (χ3v) is 5.17. The summed E-state index contributed by atoms with van der Waals surface area (Å²) in [7, 11) is 0. The lowest BCUT2D eigenvalue weighted by atomic mass is 10.1. The number of rotatable bonds is 8. The van der Waals surface area contributed by atoms with Gasteiger partial charge in [-0.15, -0.1) is 0 Å². The van der Waals surface area contributed by atoms with E-state index in [2.05, 4.69) is 53.8 Å². The van der Waals surface area contributed by atoms with Crippen molar-refractivity contribution in [3.63, 3.8) is 0 Å². The Bertz CT molecular complexity index is 1020. The van der Waals surface area contributed by atoms with Crippen LogP contribution in [0.2, 0.25) is 0 Å². The van der Waals surface area contributed by atoms with Gasteiger partial charge in [-0.2, -0.15) is 0 Å². The molecule has 1 heterocycles. The number of para-hydroxylation sites is 1. The van der Waals surface area contributed by atoms with Crippen molar-refractivity contribution in [2.75, 3.05) is 0 Å². The van der Waals surface area contributed by atoms with Crippen molar-refractivity contribution in [1.82, 2.24) is 4.57 Å². The number of hydrogen-bond donors (Lipinski definition) is 0. The van der Waals surface area contributed by atoms with Gasteiger partial charge in [0, 0.05) is 36.0 Å². The topological polar surface area (TPSA) is 31.2 Å². The van der Waals surface area contributed by atoms with E-state index in [9.17, 15) is 4.79 Å². The van der Waals surface area contributed by atoms with E-state index in [0.29, 0.717) is 0 Å². The summed E-state index contributed by atoms with van der Waals surface area (Å²) in [6.45, 7) is 7.00. The maximum atomic E-state index is 12.7. The minimum atomic E-state index is -0.355. The van der Waals surface area contributed by atoms with Gasteiger partial charge in [-0.3, -0.25) is 4.79 Å². The highest BCUT2D eigenvalue weighted by molar-refractivity contribution is 5.88. The van der Waals surface area contributed by atoms with Crippen molar-refractivity contribution < 1.29 is 9.53 Å². The zero-order chi connectivity index (χ0) is 21.3. The lowest BCUT2D eigenvalue weighted by molar-refractivity contribution is -0.147. The third kappa shape index (κ3) is 5.76. The fourth-order valence-electron chi connectivity index (χ4n) is 3.48. The normalized spacial score (nSPS) is 11.9. The van der Waals surface area contributed by atoms with Crippen LogP contribution in [0.5, 0.6) is 0 Å². The number of carbonyl (C=O) groups excluding carboxylic acids is 1. The second-order valence-electron chi connectivity index (χ2n) is 8.04. The molecule has 0 aliphatic rings. The molecule has 0 saturated heterocycles. The summed E-state index contributed by atoms with van der Waals surface area (Å²) in [5.74, 6) is 6.26. The first kappa shape index (κ1) is 21.7. The molecule has 0 radical (unpaired) electrons. The molecule has 0 aliphatic heterocycles. The molecule has 30 heavy (non-hydrogen) atoms. The van der Waals surface area contributed by atoms with E-state index in [0.717, 1.165) is 42.3 Å². The Balaban J connectivity index is 1.76. The molecule has 1 atom stereocenters. The van der Waals surface area contributed by atoms with Crippen LogP contribution >= 0.6 is 0 Å². The van der Waals surface area contributed by atoms with Crippen LogP contribution in [0.4, 0.5) is 0 Å². The number of unbranched alkanes of at least 4 members (excludes halogenated alkanes) is 2. The van der Waals surface area contributed by atoms with Crippen molar-refractivity contribution in [3.8, 4) is 11.8 Å². The molecule has 0 aliphatic carbocycles. The van der Waals surface area contributed by atoms with Gasteiger partial charge in [-0.25, -0.2) is 0 Å². The van der Waals surface area contributed by atoms with Gasteiger partial charge in [0.05, 0.1) is 6.42 Å². The van der Waals surface area contributed by atoms with Crippen LogP contribution in [0, 0.1) is 17.8 Å². The predicted molar refractivity (Wildman–Crippen MR) is 123 cm³/mol. The fraction of sp³-hybridized carbons (Fsp3) is 0.370. The number of benzene rings is 2. The van der Waals surface area contributed by atoms with Gasteiger partial charge in [-0.05, 0) is 23.6 Å². The molecule has 3 rings (SSSR count). The molecule has 156 valence electrons. The predicted octanol–water partition coefficient (Wildman–Crippen LogP) is 5.99. The lowest BCUT2D eigenvalue weighted by Gasteiger charge is -2.15. The maximum Gasteiger partial charge on any atom is 0.311 e. The van der Waals surface area contributed by atoms with E-state index in [1.165, 1.54) is 5.56 Å². The van der Waals surface area contributed by atoms with Crippen LogP contribution < -0.4 is 0 Å². The molecule has 0 amide bonds. The number of ether oxygens (including phenoxy) is 1. The summed E-state index contributed by atoms with van der Waals surface area (Å²) in [6, 6.07) is 18.6. The summed E-state index contributed by atoms with van der Waals surface area (Å²) in [5, 5.41) is 1.10. The quantitative estimate of drug-likeness (QED) is 0.264. The Labute approximate surface area is 180 Å². The van der Waals surface area contributed by atoms with E-state index in [-0.39, 0.29) is 24.4 Å². The number of fused-ring (bicyclic) bond motifs is 1. The molecule has 0 spiro atoms. The summed E-state index contributed by atoms with van der Waals surface area (Å²) in [5.41, 5.74) is 3.35. The average Bonchev–Trinajstić information content (AvgIpc) is 3.08. The molecule has 3 nitrogen and oxygen atoms in total. The average molecular weight is 402 g/mol.